The number of aliphatic imine (C=N–C) groups is 1. The first-order valence-electron chi connectivity index (χ1n) is 6.35. The topological polar surface area (TPSA) is 89.2 Å². The number of allylic oxidation sites excluding steroid dienone is 2. The molecule has 0 atom stereocenters. The van der Waals surface area contributed by atoms with Gasteiger partial charge in [0, 0.05) is 25.0 Å². The van der Waals surface area contributed by atoms with Gasteiger partial charge in [-0.25, -0.2) is 4.99 Å². The number of benzene rings is 1. The van der Waals surface area contributed by atoms with Gasteiger partial charge in [0.1, 0.15) is 17.8 Å². The Balaban J connectivity index is 2.91. The molecule has 2 N–H and O–H groups in total. The number of hydrogen-bond acceptors (Lipinski definition) is 5. The maximum absolute atomic E-state index is 8.83. The van der Waals surface area contributed by atoms with E-state index < -0.39 is 0 Å². The Labute approximate surface area is 119 Å². The van der Waals surface area contributed by atoms with Crippen molar-refractivity contribution in [2.75, 3.05) is 18.0 Å². The quantitative estimate of drug-likeness (QED) is 0.654. The van der Waals surface area contributed by atoms with Crippen LogP contribution in [0, 0.1) is 22.7 Å². The van der Waals surface area contributed by atoms with Gasteiger partial charge in [0.05, 0.1) is 0 Å². The first-order chi connectivity index (χ1) is 9.65. The van der Waals surface area contributed by atoms with Crippen molar-refractivity contribution in [2.45, 2.75) is 13.8 Å². The largest absolute Gasteiger partial charge is 0.388 e. The Kier molecular flexibility index (Phi) is 5.80. The summed E-state index contributed by atoms with van der Waals surface area (Å²) < 4.78 is 0. The van der Waals surface area contributed by atoms with E-state index in [0.29, 0.717) is 0 Å². The molecule has 0 aromatic heterocycles. The molecular weight excluding hydrogens is 250 g/mol. The van der Waals surface area contributed by atoms with E-state index in [0.717, 1.165) is 24.3 Å². The van der Waals surface area contributed by atoms with Crippen molar-refractivity contribution in [3.05, 3.63) is 41.2 Å². The van der Waals surface area contributed by atoms with E-state index in [1.165, 1.54) is 6.21 Å². The van der Waals surface area contributed by atoms with Crippen LogP contribution in [-0.4, -0.2) is 19.3 Å². The predicted octanol–water partition coefficient (Wildman–Crippen LogP) is 2.17. The van der Waals surface area contributed by atoms with E-state index in [9.17, 15) is 0 Å². The molecule has 102 valence electrons. The number of rotatable bonds is 5. The van der Waals surface area contributed by atoms with E-state index in [-0.39, 0.29) is 11.4 Å². The fourth-order valence-corrected chi connectivity index (χ4v) is 1.71. The maximum atomic E-state index is 8.83. The molecule has 1 aromatic carbocycles. The number of nitrogens with two attached hydrogens (primary N) is 1. The molecule has 0 spiro atoms. The molecule has 0 unspecified atom stereocenters. The number of nitriles is 2. The van der Waals surface area contributed by atoms with Gasteiger partial charge >= 0.3 is 0 Å². The summed E-state index contributed by atoms with van der Waals surface area (Å²) in [7, 11) is 0. The van der Waals surface area contributed by atoms with Crippen molar-refractivity contribution in [3.63, 3.8) is 0 Å². The minimum atomic E-state index is -0.177. The molecular formula is C15H17N5. The van der Waals surface area contributed by atoms with Gasteiger partial charge < -0.3 is 10.6 Å². The van der Waals surface area contributed by atoms with Gasteiger partial charge in [0.15, 0.2) is 5.70 Å². The molecule has 0 amide bonds. The third-order valence-corrected chi connectivity index (χ3v) is 2.85. The standard InChI is InChI=1S/C15H17N5/c1-3-20(4-2)13-7-5-12(6-8-13)11-19-15(10-17)14(18)9-16/h5-8,11H,3-4,18H2,1-2H3/b15-14-,19-11+. The van der Waals surface area contributed by atoms with Crippen molar-refractivity contribution in [1.82, 2.24) is 0 Å². The fourth-order valence-electron chi connectivity index (χ4n) is 1.71. The van der Waals surface area contributed by atoms with Gasteiger partial charge in [-0.15, -0.1) is 0 Å². The molecule has 1 rings (SSSR count). The lowest BCUT2D eigenvalue weighted by molar-refractivity contribution is 0.866. The van der Waals surface area contributed by atoms with E-state index in [2.05, 4.69) is 23.7 Å². The highest BCUT2D eigenvalue weighted by Crippen LogP contribution is 2.14. The minimum absolute atomic E-state index is 0.0691. The predicted molar refractivity (Wildman–Crippen MR) is 80.0 cm³/mol. The summed E-state index contributed by atoms with van der Waals surface area (Å²) in [5.41, 5.74) is 7.11. The number of nitrogens with zero attached hydrogens (tertiary/aromatic N) is 4. The third kappa shape index (κ3) is 3.86. The molecule has 20 heavy (non-hydrogen) atoms. The molecule has 5 nitrogen and oxygen atoms in total. The van der Waals surface area contributed by atoms with Crippen LogP contribution >= 0.6 is 0 Å². The Morgan fingerprint density at radius 1 is 1.20 bits per heavy atom. The highest BCUT2D eigenvalue weighted by molar-refractivity contribution is 5.81. The molecule has 5 heteroatoms. The summed E-state index contributed by atoms with van der Waals surface area (Å²) in [6, 6.07) is 11.3. The average Bonchev–Trinajstić information content (AvgIpc) is 2.50. The van der Waals surface area contributed by atoms with Gasteiger partial charge in [-0.05, 0) is 31.5 Å². The van der Waals surface area contributed by atoms with Crippen LogP contribution in [0.5, 0.6) is 0 Å². The zero-order valence-corrected chi connectivity index (χ0v) is 11.7. The molecule has 0 radical (unpaired) electrons. The molecule has 0 saturated heterocycles. The second kappa shape index (κ2) is 7.60. The van der Waals surface area contributed by atoms with E-state index in [1.807, 2.05) is 24.3 Å². The molecule has 0 aliphatic carbocycles. The fraction of sp³-hybridized carbons (Fsp3) is 0.267. The van der Waals surface area contributed by atoms with Crippen LogP contribution in [0.25, 0.3) is 0 Å². The molecule has 0 saturated carbocycles. The SMILES string of the molecule is CCN(CC)c1ccc(/C=N/C(C#N)=C(\N)C#N)cc1. The average molecular weight is 267 g/mol. The first-order valence-corrected chi connectivity index (χ1v) is 6.35. The Bertz CT molecular complexity index is 580. The summed E-state index contributed by atoms with van der Waals surface area (Å²) in [5, 5.41) is 17.4. The van der Waals surface area contributed by atoms with Crippen LogP contribution in [0.1, 0.15) is 19.4 Å². The third-order valence-electron chi connectivity index (χ3n) is 2.85. The Hall–Kier alpha value is -2.79. The van der Waals surface area contributed by atoms with Crippen molar-refractivity contribution in [2.24, 2.45) is 10.7 Å². The summed E-state index contributed by atoms with van der Waals surface area (Å²) in [6.07, 6.45) is 1.52. The van der Waals surface area contributed by atoms with Crippen LogP contribution in [-0.2, 0) is 0 Å². The lowest BCUT2D eigenvalue weighted by Crippen LogP contribution is -2.21. The molecule has 0 aliphatic heterocycles. The Morgan fingerprint density at radius 3 is 2.25 bits per heavy atom. The van der Waals surface area contributed by atoms with Crippen LogP contribution < -0.4 is 10.6 Å². The van der Waals surface area contributed by atoms with Crippen LogP contribution in [0.2, 0.25) is 0 Å². The van der Waals surface area contributed by atoms with Crippen molar-refractivity contribution >= 4 is 11.9 Å². The number of anilines is 1. The van der Waals surface area contributed by atoms with Crippen LogP contribution in [0.3, 0.4) is 0 Å². The van der Waals surface area contributed by atoms with Crippen molar-refractivity contribution < 1.29 is 0 Å². The first kappa shape index (κ1) is 15.3. The summed E-state index contributed by atoms with van der Waals surface area (Å²) in [5.74, 6) is 0. The molecule has 0 heterocycles. The molecule has 0 aliphatic rings. The minimum Gasteiger partial charge on any atom is -0.388 e. The summed E-state index contributed by atoms with van der Waals surface area (Å²) in [4.78, 5) is 6.16. The smallest absolute Gasteiger partial charge is 0.174 e. The van der Waals surface area contributed by atoms with E-state index >= 15 is 0 Å². The lowest BCUT2D eigenvalue weighted by atomic mass is 10.2. The van der Waals surface area contributed by atoms with E-state index in [1.54, 1.807) is 12.1 Å². The lowest BCUT2D eigenvalue weighted by Gasteiger charge is -2.20. The molecule has 0 fully saturated rings. The van der Waals surface area contributed by atoms with Crippen molar-refractivity contribution in [3.8, 4) is 12.1 Å². The second-order valence-electron chi connectivity index (χ2n) is 4.01. The zero-order chi connectivity index (χ0) is 15.0. The maximum Gasteiger partial charge on any atom is 0.174 e. The van der Waals surface area contributed by atoms with Gasteiger partial charge in [-0.3, -0.25) is 0 Å². The second-order valence-corrected chi connectivity index (χ2v) is 4.01. The monoisotopic (exact) mass is 267 g/mol. The van der Waals surface area contributed by atoms with Crippen LogP contribution in [0.15, 0.2) is 40.7 Å². The van der Waals surface area contributed by atoms with Crippen LogP contribution in [0.4, 0.5) is 5.69 Å². The summed E-state index contributed by atoms with van der Waals surface area (Å²) >= 11 is 0. The van der Waals surface area contributed by atoms with Gasteiger partial charge in [-0.2, -0.15) is 10.5 Å². The highest BCUT2D eigenvalue weighted by Gasteiger charge is 2.01. The molecule has 1 aromatic rings. The normalized spacial score (nSPS) is 11.6. The zero-order valence-electron chi connectivity index (χ0n) is 11.7. The van der Waals surface area contributed by atoms with E-state index in [4.69, 9.17) is 16.3 Å². The highest BCUT2D eigenvalue weighted by atomic mass is 15.1. The van der Waals surface area contributed by atoms with Gasteiger partial charge in [-0.1, -0.05) is 12.1 Å². The van der Waals surface area contributed by atoms with Gasteiger partial charge in [0.2, 0.25) is 0 Å². The van der Waals surface area contributed by atoms with Gasteiger partial charge in [0.25, 0.3) is 0 Å². The number of hydrogen-bond donors (Lipinski definition) is 1. The molecule has 0 bridgehead atoms. The Morgan fingerprint density at radius 2 is 1.80 bits per heavy atom. The summed E-state index contributed by atoms with van der Waals surface area (Å²) in [6.45, 7) is 6.11. The van der Waals surface area contributed by atoms with Crippen molar-refractivity contribution in [1.29, 1.82) is 10.5 Å².